The maximum Gasteiger partial charge on any atom is 0.573 e. The minimum atomic E-state index is -4.97. The first-order valence-electron chi connectivity index (χ1n) is 11.1. The molecule has 0 aromatic heterocycles. The third-order valence-corrected chi connectivity index (χ3v) is 8.31. The number of hydrogen-bond donors (Lipinski definition) is 2. The Bertz CT molecular complexity index is 1450. The molecule has 15 heteroatoms. The number of sulfone groups is 1. The van der Waals surface area contributed by atoms with Crippen molar-refractivity contribution >= 4 is 44.4 Å². The number of para-hydroxylation sites is 1. The van der Waals surface area contributed by atoms with E-state index in [2.05, 4.69) is 15.0 Å². The van der Waals surface area contributed by atoms with Gasteiger partial charge in [-0.2, -0.15) is 13.2 Å². The molecule has 0 amide bonds. The molecule has 0 saturated heterocycles. The maximum absolute atomic E-state index is 12.9. The SMILES string of the molecule is O=S(=O)(CC(F)(F)F)c1ccc(C(CO)C2=NC3C(Cl)=C(c4ccccc4OC(F)(F)F)C(Cl)=CC3N2)cc1. The molecule has 0 fully saturated rings. The molecule has 2 aromatic carbocycles. The van der Waals surface area contributed by atoms with Gasteiger partial charge in [0, 0.05) is 16.2 Å². The Morgan fingerprint density at radius 1 is 1.03 bits per heavy atom. The number of nitrogens with one attached hydrogen (secondary N) is 1. The lowest BCUT2D eigenvalue weighted by Crippen LogP contribution is -2.37. The van der Waals surface area contributed by atoms with E-state index in [1.165, 1.54) is 36.4 Å². The number of halogens is 8. The second kappa shape index (κ2) is 10.7. The van der Waals surface area contributed by atoms with Gasteiger partial charge in [0.05, 0.1) is 28.5 Å². The van der Waals surface area contributed by atoms with Gasteiger partial charge < -0.3 is 15.2 Å². The number of fused-ring (bicyclic) bond motifs is 1. The zero-order valence-corrected chi connectivity index (χ0v) is 21.7. The summed E-state index contributed by atoms with van der Waals surface area (Å²) in [7, 11) is -4.62. The first-order valence-corrected chi connectivity index (χ1v) is 13.5. The lowest BCUT2D eigenvalue weighted by atomic mass is 9.93. The Morgan fingerprint density at radius 2 is 1.67 bits per heavy atom. The first-order chi connectivity index (χ1) is 18.1. The van der Waals surface area contributed by atoms with Crippen LogP contribution in [0, 0.1) is 0 Å². The van der Waals surface area contributed by atoms with Gasteiger partial charge in [0.15, 0.2) is 15.6 Å². The number of aliphatic hydroxyl groups excluding tert-OH is 1. The van der Waals surface area contributed by atoms with Gasteiger partial charge in [0.2, 0.25) is 0 Å². The average Bonchev–Trinajstić information content (AvgIpc) is 3.22. The first kappa shape index (κ1) is 29.2. The molecule has 4 rings (SSSR count). The molecule has 2 N–H and O–H groups in total. The van der Waals surface area contributed by atoms with Crippen molar-refractivity contribution < 1.29 is 44.6 Å². The van der Waals surface area contributed by atoms with Crippen LogP contribution in [-0.4, -0.2) is 56.3 Å². The van der Waals surface area contributed by atoms with Crippen molar-refractivity contribution in [3.63, 3.8) is 0 Å². The Labute approximate surface area is 228 Å². The highest BCUT2D eigenvalue weighted by molar-refractivity contribution is 7.91. The molecule has 2 aromatic rings. The van der Waals surface area contributed by atoms with E-state index >= 15 is 0 Å². The minimum absolute atomic E-state index is 0.0125. The van der Waals surface area contributed by atoms with Crippen molar-refractivity contribution in [2.45, 2.75) is 35.4 Å². The summed E-state index contributed by atoms with van der Waals surface area (Å²) in [4.78, 5) is 3.95. The quantitative estimate of drug-likeness (QED) is 0.401. The second-order valence-electron chi connectivity index (χ2n) is 8.59. The molecule has 210 valence electrons. The average molecular weight is 615 g/mol. The lowest BCUT2D eigenvalue weighted by molar-refractivity contribution is -0.274. The van der Waals surface area contributed by atoms with E-state index in [0.29, 0.717) is 5.56 Å². The zero-order chi connectivity index (χ0) is 28.8. The number of allylic oxidation sites excluding steroid dienone is 2. The summed E-state index contributed by atoms with van der Waals surface area (Å²) in [5.74, 6) is -3.18. The number of amidine groups is 1. The number of rotatable bonds is 7. The molecule has 3 atom stereocenters. The van der Waals surface area contributed by atoms with Gasteiger partial charge in [-0.3, -0.25) is 4.99 Å². The van der Waals surface area contributed by atoms with Gasteiger partial charge in [-0.25, -0.2) is 8.42 Å². The summed E-state index contributed by atoms with van der Waals surface area (Å²) in [6, 6.07) is 8.35. The Hall–Kier alpha value is -2.74. The van der Waals surface area contributed by atoms with E-state index in [4.69, 9.17) is 23.2 Å². The van der Waals surface area contributed by atoms with E-state index < -0.39 is 63.4 Å². The van der Waals surface area contributed by atoms with Crippen LogP contribution in [0.25, 0.3) is 5.57 Å². The molecule has 39 heavy (non-hydrogen) atoms. The van der Waals surface area contributed by atoms with E-state index in [9.17, 15) is 39.9 Å². The van der Waals surface area contributed by atoms with Crippen LogP contribution in [0.2, 0.25) is 0 Å². The van der Waals surface area contributed by atoms with Gasteiger partial charge in [-0.1, -0.05) is 53.5 Å². The fourth-order valence-corrected chi connectivity index (χ4v) is 6.18. The summed E-state index contributed by atoms with van der Waals surface area (Å²) >= 11 is 13.0. The smallest absolute Gasteiger partial charge is 0.405 e. The van der Waals surface area contributed by atoms with E-state index in [0.717, 1.165) is 18.2 Å². The molecule has 0 spiro atoms. The van der Waals surface area contributed by atoms with Crippen LogP contribution in [-0.2, 0) is 9.84 Å². The molecule has 3 unspecified atom stereocenters. The molecule has 2 aliphatic rings. The normalized spacial score (nSPS) is 20.6. The summed E-state index contributed by atoms with van der Waals surface area (Å²) < 4.78 is 105. The number of benzene rings is 2. The summed E-state index contributed by atoms with van der Waals surface area (Å²) in [6.45, 7) is -0.520. The van der Waals surface area contributed by atoms with Crippen LogP contribution in [0.4, 0.5) is 26.3 Å². The van der Waals surface area contributed by atoms with Crippen molar-refractivity contribution in [1.82, 2.24) is 5.32 Å². The number of hydrogen-bond acceptors (Lipinski definition) is 6. The predicted octanol–water partition coefficient (Wildman–Crippen LogP) is 5.52. The van der Waals surface area contributed by atoms with E-state index in [1.54, 1.807) is 0 Å². The number of alkyl halides is 6. The van der Waals surface area contributed by atoms with Crippen LogP contribution in [0.15, 0.2) is 74.6 Å². The molecular formula is C24H18Cl2F6N2O4S. The fraction of sp³-hybridized carbons (Fsp3) is 0.292. The monoisotopic (exact) mass is 614 g/mol. The largest absolute Gasteiger partial charge is 0.573 e. The van der Waals surface area contributed by atoms with Gasteiger partial charge in [-0.05, 0) is 29.8 Å². The van der Waals surface area contributed by atoms with Crippen molar-refractivity contribution in [3.05, 3.63) is 75.8 Å². The third-order valence-electron chi connectivity index (χ3n) is 5.89. The minimum Gasteiger partial charge on any atom is -0.405 e. The van der Waals surface area contributed by atoms with E-state index in [-0.39, 0.29) is 27.0 Å². The second-order valence-corrected chi connectivity index (χ2v) is 11.4. The molecule has 1 heterocycles. The summed E-state index contributed by atoms with van der Waals surface area (Å²) in [5.41, 5.74) is 0.399. The molecule has 0 bridgehead atoms. The molecule has 6 nitrogen and oxygen atoms in total. The zero-order valence-electron chi connectivity index (χ0n) is 19.4. The highest BCUT2D eigenvalue weighted by Gasteiger charge is 2.40. The van der Waals surface area contributed by atoms with Crippen LogP contribution in [0.5, 0.6) is 5.75 Å². The third kappa shape index (κ3) is 6.53. The van der Waals surface area contributed by atoms with Crippen LogP contribution >= 0.6 is 23.2 Å². The van der Waals surface area contributed by atoms with Gasteiger partial charge >= 0.3 is 12.5 Å². The number of nitrogens with zero attached hydrogens (tertiary/aromatic N) is 1. The standard InChI is InChI=1S/C24H18Cl2F6N2O4S/c25-16-9-17-21(20(26)19(16)14-3-1-2-4-18(14)38-24(30,31)32)34-22(33-17)15(10-35)12-5-7-13(8-6-12)39(36,37)11-23(27,28)29/h1-9,15,17,21,35H,10-11H2,(H,33,34). The maximum atomic E-state index is 12.9. The highest BCUT2D eigenvalue weighted by Crippen LogP contribution is 2.44. The lowest BCUT2D eigenvalue weighted by Gasteiger charge is -2.25. The van der Waals surface area contributed by atoms with Crippen LogP contribution in [0.3, 0.4) is 0 Å². The highest BCUT2D eigenvalue weighted by atomic mass is 35.5. The Kier molecular flexibility index (Phi) is 8.01. The molecule has 0 radical (unpaired) electrons. The van der Waals surface area contributed by atoms with Crippen molar-refractivity contribution in [1.29, 1.82) is 0 Å². The number of aliphatic imine (C=N–C) groups is 1. The summed E-state index contributed by atoms with van der Waals surface area (Å²) in [5, 5.41) is 13.1. The summed E-state index contributed by atoms with van der Waals surface area (Å²) in [6.07, 6.45) is -8.38. The van der Waals surface area contributed by atoms with Crippen LogP contribution in [0.1, 0.15) is 17.0 Å². The van der Waals surface area contributed by atoms with Crippen molar-refractivity contribution in [3.8, 4) is 5.75 Å². The molecule has 1 aliphatic carbocycles. The van der Waals surface area contributed by atoms with Gasteiger partial charge in [0.25, 0.3) is 0 Å². The predicted molar refractivity (Wildman–Crippen MR) is 132 cm³/mol. The topological polar surface area (TPSA) is 88.0 Å². The molecular weight excluding hydrogens is 597 g/mol. The van der Waals surface area contributed by atoms with Gasteiger partial charge in [-0.15, -0.1) is 13.2 Å². The molecule has 1 aliphatic heterocycles. The van der Waals surface area contributed by atoms with Crippen molar-refractivity contribution in [2.75, 3.05) is 12.4 Å². The van der Waals surface area contributed by atoms with Crippen molar-refractivity contribution in [2.24, 2.45) is 4.99 Å². The Balaban J connectivity index is 1.65. The van der Waals surface area contributed by atoms with E-state index in [1.807, 2.05) is 0 Å². The number of ether oxygens (including phenoxy) is 1. The fourth-order valence-electron chi connectivity index (χ4n) is 4.26. The van der Waals surface area contributed by atoms with Gasteiger partial charge in [0.1, 0.15) is 17.6 Å². The molecule has 0 saturated carbocycles. The number of aliphatic hydroxyl groups is 1. The van der Waals surface area contributed by atoms with Crippen LogP contribution < -0.4 is 10.1 Å². The Morgan fingerprint density at radius 3 is 2.26 bits per heavy atom.